The van der Waals surface area contributed by atoms with Crippen LogP contribution in [0.2, 0.25) is 0 Å². The second kappa shape index (κ2) is 10.9. The van der Waals surface area contributed by atoms with E-state index in [0.717, 1.165) is 0 Å². The van der Waals surface area contributed by atoms with Crippen LogP contribution in [0, 0.1) is 0 Å². The van der Waals surface area contributed by atoms with Crippen molar-refractivity contribution in [1.82, 2.24) is 38.9 Å². The highest BCUT2D eigenvalue weighted by Gasteiger charge is 2.51. The van der Waals surface area contributed by atoms with E-state index in [2.05, 4.69) is 49.8 Å². The molecule has 2 bridgehead atoms. The van der Waals surface area contributed by atoms with Crippen LogP contribution < -0.4 is 11.3 Å². The maximum atomic E-state index is 13.5. The molecule has 0 saturated carbocycles. The third-order valence-electron chi connectivity index (χ3n) is 7.12. The van der Waals surface area contributed by atoms with Crippen LogP contribution in [-0.2, 0) is 36.7 Å². The first-order valence-corrected chi connectivity index (χ1v) is 18.0. The van der Waals surface area contributed by atoms with Crippen LogP contribution in [0.5, 0.6) is 0 Å². The number of nitrogens with two attached hydrogens (primary N) is 1. The summed E-state index contributed by atoms with van der Waals surface area (Å²) in [5.41, 5.74) is 6.03. The number of nitrogen functional groups attached to an aromatic ring is 1. The third kappa shape index (κ3) is 5.42. The summed E-state index contributed by atoms with van der Waals surface area (Å²) in [5, 5.41) is 19.2. The van der Waals surface area contributed by atoms with Gasteiger partial charge in [0.25, 0.3) is 5.56 Å². The molecule has 0 radical (unpaired) electrons. The zero-order valence-corrected chi connectivity index (χ0v) is 25.2. The van der Waals surface area contributed by atoms with Crippen molar-refractivity contribution >= 4 is 60.9 Å². The van der Waals surface area contributed by atoms with Gasteiger partial charge in [-0.05, 0) is 0 Å². The highest BCUT2D eigenvalue weighted by atomic mass is 32.7. The van der Waals surface area contributed by atoms with E-state index in [1.54, 1.807) is 0 Å². The normalized spacial score (nSPS) is 37.1. The monoisotopic (exact) mass is 675 g/mol. The Bertz CT molecular complexity index is 1860. The van der Waals surface area contributed by atoms with Gasteiger partial charge in [0.1, 0.15) is 36.8 Å². The van der Waals surface area contributed by atoms with Crippen LogP contribution in [0.15, 0.2) is 35.8 Å². The number of ether oxygens (including phenoxy) is 2. The SMILES string of the molecule is Nc1ncnc2c1nnn2[C@H]1C[C@@H]2OP(=O)(S)OC[C@H]3O[C@@H](n4ccc(=O)n5ccnc45)[C@H](OP(=O)(S)OC[C@H]2O1)[C@@H]3O. The van der Waals surface area contributed by atoms with Crippen molar-refractivity contribution in [2.45, 2.75) is 49.4 Å². The van der Waals surface area contributed by atoms with Crippen LogP contribution in [-0.4, -0.2) is 87.8 Å². The van der Waals surface area contributed by atoms with Gasteiger partial charge in [0.2, 0.25) is 5.78 Å². The van der Waals surface area contributed by atoms with Gasteiger partial charge in [-0.25, -0.2) is 24.1 Å². The lowest BCUT2D eigenvalue weighted by Gasteiger charge is -2.26. The van der Waals surface area contributed by atoms with E-state index in [1.807, 2.05) is 0 Å². The van der Waals surface area contributed by atoms with Crippen LogP contribution in [0.1, 0.15) is 18.9 Å². The molecule has 0 aliphatic carbocycles. The molecule has 2 unspecified atom stereocenters. The molecule has 43 heavy (non-hydrogen) atoms. The van der Waals surface area contributed by atoms with Crippen molar-refractivity contribution in [1.29, 1.82) is 0 Å². The van der Waals surface area contributed by atoms with E-state index in [4.69, 9.17) is 33.3 Å². The summed E-state index contributed by atoms with van der Waals surface area (Å²) >= 11 is 8.24. The molecular weight excluding hydrogens is 652 g/mol. The van der Waals surface area contributed by atoms with Crippen molar-refractivity contribution < 1.29 is 41.8 Å². The molecule has 7 heterocycles. The minimum Gasteiger partial charge on any atom is -0.387 e. The molecule has 19 nitrogen and oxygen atoms in total. The van der Waals surface area contributed by atoms with E-state index in [9.17, 15) is 19.0 Å². The van der Waals surface area contributed by atoms with Crippen molar-refractivity contribution in [2.24, 2.45) is 0 Å². The summed E-state index contributed by atoms with van der Waals surface area (Å²) in [4.78, 5) is 24.5. The molecule has 3 saturated heterocycles. The van der Waals surface area contributed by atoms with Crippen molar-refractivity contribution in [3.8, 4) is 0 Å². The molecule has 7 rings (SSSR count). The Morgan fingerprint density at radius 3 is 2.58 bits per heavy atom. The topological polar surface area (TPSA) is 232 Å². The summed E-state index contributed by atoms with van der Waals surface area (Å²) in [6.07, 6.45) is -2.47. The Labute approximate surface area is 251 Å². The number of aromatic nitrogens is 8. The van der Waals surface area contributed by atoms with Crippen molar-refractivity contribution in [3.63, 3.8) is 0 Å². The van der Waals surface area contributed by atoms with Crippen LogP contribution in [0.4, 0.5) is 5.82 Å². The first-order chi connectivity index (χ1) is 20.5. The second-order valence-electron chi connectivity index (χ2n) is 9.79. The molecule has 0 amide bonds. The predicted octanol–water partition coefficient (Wildman–Crippen LogP) is 0.752. The van der Waals surface area contributed by atoms with Crippen LogP contribution in [0.25, 0.3) is 16.9 Å². The molecule has 3 fully saturated rings. The minimum atomic E-state index is -4.24. The lowest BCUT2D eigenvalue weighted by molar-refractivity contribution is -0.0582. The maximum Gasteiger partial charge on any atom is 0.386 e. The van der Waals surface area contributed by atoms with Crippen LogP contribution >= 0.6 is 38.1 Å². The Morgan fingerprint density at radius 2 is 1.77 bits per heavy atom. The van der Waals surface area contributed by atoms with Gasteiger partial charge in [-0.3, -0.25) is 31.9 Å². The zero-order chi connectivity index (χ0) is 30.1. The predicted molar refractivity (Wildman–Crippen MR) is 150 cm³/mol. The smallest absolute Gasteiger partial charge is 0.386 e. The number of aliphatic hydroxyl groups excluding tert-OH is 1. The van der Waals surface area contributed by atoms with E-state index in [0.29, 0.717) is 0 Å². The fourth-order valence-corrected chi connectivity index (χ4v) is 8.13. The van der Waals surface area contributed by atoms with Crippen molar-refractivity contribution in [3.05, 3.63) is 41.3 Å². The van der Waals surface area contributed by atoms with Crippen LogP contribution in [0.3, 0.4) is 0 Å². The standard InChI is InChI=1S/C20H23N9O10P2S2/c21-17-14-18(24-8-23-17)29(26-25-14)13-5-9-10(36-13)6-34-41(33,43)39-16-15(31)11(7-35-40(32,42)38-9)37-19(16)28-3-1-12(30)27-4-2-22-20(27)28/h1-4,8-11,13,15-16,19,31H,5-7H2,(H,32,42)(H,33,43)(H2,21,23,24)/t9-,10+,11+,13+,15+,16+,19+,40?,41?/m0/s1. The molecule has 3 N–H and O–H groups in total. The van der Waals surface area contributed by atoms with E-state index >= 15 is 0 Å². The van der Waals surface area contributed by atoms with Gasteiger partial charge >= 0.3 is 13.6 Å². The number of thiol groups is 2. The van der Waals surface area contributed by atoms with Crippen molar-refractivity contribution in [2.75, 3.05) is 18.9 Å². The number of imidazole rings is 1. The first kappa shape index (κ1) is 29.3. The summed E-state index contributed by atoms with van der Waals surface area (Å²) in [5.74, 6) is 0.269. The summed E-state index contributed by atoms with van der Waals surface area (Å²) in [6.45, 7) is -9.24. The lowest BCUT2D eigenvalue weighted by atomic mass is 10.1. The fourth-order valence-electron chi connectivity index (χ4n) is 5.15. The fraction of sp³-hybridized carbons (Fsp3) is 0.500. The van der Waals surface area contributed by atoms with E-state index in [-0.39, 0.29) is 34.7 Å². The number of anilines is 1. The van der Waals surface area contributed by atoms with Gasteiger partial charge in [0.15, 0.2) is 29.4 Å². The Morgan fingerprint density at radius 1 is 1.00 bits per heavy atom. The Balaban J connectivity index is 1.19. The van der Waals surface area contributed by atoms with Gasteiger partial charge in [0, 0.05) is 31.1 Å². The summed E-state index contributed by atoms with van der Waals surface area (Å²) in [7, 11) is 0. The summed E-state index contributed by atoms with van der Waals surface area (Å²) in [6, 6.07) is 1.25. The molecule has 230 valence electrons. The van der Waals surface area contributed by atoms with Gasteiger partial charge in [-0.15, -0.1) is 5.10 Å². The third-order valence-corrected chi connectivity index (χ3v) is 10.4. The summed E-state index contributed by atoms with van der Waals surface area (Å²) < 4.78 is 65.5. The largest absolute Gasteiger partial charge is 0.387 e. The number of nitrogens with zero attached hydrogens (tertiary/aromatic N) is 8. The van der Waals surface area contributed by atoms with E-state index in [1.165, 1.54) is 44.6 Å². The number of fused-ring (bicyclic) bond motifs is 5. The molecule has 3 aliphatic rings. The average molecular weight is 676 g/mol. The highest BCUT2D eigenvalue weighted by molar-refractivity contribution is 8.44. The molecular formula is C20H23N9O10P2S2. The Hall–Kier alpha value is -2.42. The number of hydrogen-bond acceptors (Lipinski definition) is 16. The Kier molecular flexibility index (Phi) is 7.41. The quantitative estimate of drug-likeness (QED) is 0.170. The maximum absolute atomic E-state index is 13.5. The van der Waals surface area contributed by atoms with E-state index < -0.39 is 69.8 Å². The highest BCUT2D eigenvalue weighted by Crippen LogP contribution is 2.60. The van der Waals surface area contributed by atoms with Gasteiger partial charge in [-0.2, -0.15) is 4.68 Å². The molecule has 0 aromatic carbocycles. The zero-order valence-electron chi connectivity index (χ0n) is 21.6. The molecule has 23 heteroatoms. The molecule has 9 atom stereocenters. The molecule has 3 aliphatic heterocycles. The average Bonchev–Trinajstić information content (AvgIpc) is 3.74. The number of hydrogen-bond donors (Lipinski definition) is 4. The molecule has 4 aromatic heterocycles. The lowest BCUT2D eigenvalue weighted by Crippen LogP contribution is -2.35. The van der Waals surface area contributed by atoms with Gasteiger partial charge < -0.3 is 20.3 Å². The second-order valence-corrected chi connectivity index (χ2v) is 15.5. The number of aliphatic hydroxyl groups is 1. The first-order valence-electron chi connectivity index (χ1n) is 12.7. The number of rotatable bonds is 2. The minimum absolute atomic E-state index is 0.0575. The van der Waals surface area contributed by atoms with Gasteiger partial charge in [0.05, 0.1) is 13.2 Å². The van der Waals surface area contributed by atoms with Gasteiger partial charge in [-0.1, -0.05) is 29.7 Å². The molecule has 4 aromatic rings. The molecule has 0 spiro atoms.